The van der Waals surface area contributed by atoms with E-state index < -0.39 is 0 Å². The minimum absolute atomic E-state index is 0.170. The summed E-state index contributed by atoms with van der Waals surface area (Å²) in [5.41, 5.74) is 6.84. The molecular weight excluding hydrogens is 112 g/mol. The molecule has 9 heavy (non-hydrogen) atoms. The van der Waals surface area contributed by atoms with Crippen molar-refractivity contribution in [3.8, 4) is 0 Å². The van der Waals surface area contributed by atoms with E-state index in [9.17, 15) is 0 Å². The van der Waals surface area contributed by atoms with Crippen molar-refractivity contribution in [2.24, 2.45) is 5.73 Å². The molecule has 50 valence electrons. The largest absolute Gasteiger partial charge is 0.387 e. The van der Waals surface area contributed by atoms with Crippen LogP contribution in [-0.4, -0.2) is 12.6 Å². The number of hydrogen-bond donors (Lipinski definition) is 2. The molecule has 2 heteroatoms. The van der Waals surface area contributed by atoms with Crippen LogP contribution >= 0.6 is 0 Å². The Labute approximate surface area is 55.4 Å². The summed E-state index contributed by atoms with van der Waals surface area (Å²) in [4.78, 5) is 0. The first-order valence-electron chi connectivity index (χ1n) is 3.16. The summed E-state index contributed by atoms with van der Waals surface area (Å²) >= 11 is 0. The van der Waals surface area contributed by atoms with E-state index in [1.807, 2.05) is 19.2 Å². The first-order chi connectivity index (χ1) is 4.30. The zero-order valence-electron chi connectivity index (χ0n) is 5.59. The minimum Gasteiger partial charge on any atom is -0.387 e. The van der Waals surface area contributed by atoms with E-state index in [0.717, 1.165) is 6.54 Å². The predicted molar refractivity (Wildman–Crippen MR) is 38.9 cm³/mol. The summed E-state index contributed by atoms with van der Waals surface area (Å²) in [7, 11) is 0. The zero-order chi connectivity index (χ0) is 6.69. The molecule has 1 aliphatic heterocycles. The summed E-state index contributed by atoms with van der Waals surface area (Å²) in [5.74, 6) is 0. The Hall–Kier alpha value is -0.760. The zero-order valence-corrected chi connectivity index (χ0v) is 5.59. The Morgan fingerprint density at radius 2 is 2.56 bits per heavy atom. The van der Waals surface area contributed by atoms with E-state index >= 15 is 0 Å². The van der Waals surface area contributed by atoms with Crippen molar-refractivity contribution < 1.29 is 0 Å². The van der Waals surface area contributed by atoms with Crippen molar-refractivity contribution in [2.75, 3.05) is 6.54 Å². The molecule has 0 spiro atoms. The highest BCUT2D eigenvalue weighted by Gasteiger charge is 1.99. The van der Waals surface area contributed by atoms with Gasteiger partial charge in [0.25, 0.3) is 0 Å². The lowest BCUT2D eigenvalue weighted by atomic mass is 10.1. The van der Waals surface area contributed by atoms with Crippen LogP contribution in [0.2, 0.25) is 0 Å². The minimum atomic E-state index is 0.170. The summed E-state index contributed by atoms with van der Waals surface area (Å²) in [6.45, 7) is 2.90. The topological polar surface area (TPSA) is 38.0 Å². The second-order valence-corrected chi connectivity index (χ2v) is 2.23. The maximum Gasteiger partial charge on any atom is 0.0331 e. The van der Waals surface area contributed by atoms with Crippen LogP contribution in [0.4, 0.5) is 0 Å². The molecule has 0 aromatic rings. The van der Waals surface area contributed by atoms with Crippen LogP contribution < -0.4 is 11.1 Å². The molecule has 1 aliphatic rings. The highest BCUT2D eigenvalue weighted by atomic mass is 14.8. The molecule has 3 N–H and O–H groups in total. The number of nitrogens with one attached hydrogen (secondary N) is 1. The van der Waals surface area contributed by atoms with Gasteiger partial charge in [0.1, 0.15) is 0 Å². The van der Waals surface area contributed by atoms with Gasteiger partial charge >= 0.3 is 0 Å². The van der Waals surface area contributed by atoms with Gasteiger partial charge in [-0.1, -0.05) is 6.08 Å². The normalized spacial score (nSPS) is 20.4. The third-order valence-electron chi connectivity index (χ3n) is 1.38. The molecule has 0 saturated heterocycles. The standard InChI is InChI=1S/C7H12N2/c1-6(8)7-2-4-9-5-3-7/h2-4,6,9H,5,8H2,1H3. The monoisotopic (exact) mass is 124 g/mol. The van der Waals surface area contributed by atoms with E-state index in [1.54, 1.807) is 0 Å². The Morgan fingerprint density at radius 3 is 2.89 bits per heavy atom. The van der Waals surface area contributed by atoms with Crippen LogP contribution in [0.25, 0.3) is 0 Å². The predicted octanol–water partition coefficient (Wildman–Crippen LogP) is 0.377. The average molecular weight is 124 g/mol. The van der Waals surface area contributed by atoms with Crippen molar-refractivity contribution in [1.29, 1.82) is 0 Å². The fourth-order valence-corrected chi connectivity index (χ4v) is 0.806. The van der Waals surface area contributed by atoms with Crippen LogP contribution in [-0.2, 0) is 0 Å². The first kappa shape index (κ1) is 6.36. The van der Waals surface area contributed by atoms with Gasteiger partial charge in [-0.25, -0.2) is 0 Å². The van der Waals surface area contributed by atoms with Gasteiger partial charge in [-0.05, 0) is 24.8 Å². The average Bonchev–Trinajstić information content (AvgIpc) is 1.90. The van der Waals surface area contributed by atoms with E-state index in [2.05, 4.69) is 11.4 Å². The maximum atomic E-state index is 5.62. The molecular formula is C7H12N2. The molecule has 1 rings (SSSR count). The van der Waals surface area contributed by atoms with E-state index in [0.29, 0.717) is 0 Å². The van der Waals surface area contributed by atoms with Crippen molar-refractivity contribution in [1.82, 2.24) is 5.32 Å². The quantitative estimate of drug-likeness (QED) is 0.530. The van der Waals surface area contributed by atoms with Crippen LogP contribution in [0.15, 0.2) is 23.9 Å². The third kappa shape index (κ3) is 1.57. The smallest absolute Gasteiger partial charge is 0.0331 e. The van der Waals surface area contributed by atoms with Gasteiger partial charge in [-0.2, -0.15) is 0 Å². The van der Waals surface area contributed by atoms with Crippen molar-refractivity contribution in [3.63, 3.8) is 0 Å². The van der Waals surface area contributed by atoms with Gasteiger partial charge in [0.2, 0.25) is 0 Å². The molecule has 1 unspecified atom stereocenters. The molecule has 0 saturated carbocycles. The van der Waals surface area contributed by atoms with Gasteiger partial charge in [-0.3, -0.25) is 0 Å². The van der Waals surface area contributed by atoms with Crippen molar-refractivity contribution in [2.45, 2.75) is 13.0 Å². The van der Waals surface area contributed by atoms with Gasteiger partial charge in [0, 0.05) is 12.6 Å². The lowest BCUT2D eigenvalue weighted by Gasteiger charge is -2.10. The van der Waals surface area contributed by atoms with Gasteiger partial charge in [0.15, 0.2) is 0 Å². The molecule has 1 heterocycles. The van der Waals surface area contributed by atoms with Gasteiger partial charge < -0.3 is 11.1 Å². The highest BCUT2D eigenvalue weighted by Crippen LogP contribution is 2.02. The molecule has 0 bridgehead atoms. The molecule has 0 aliphatic carbocycles. The van der Waals surface area contributed by atoms with E-state index in [4.69, 9.17) is 5.73 Å². The van der Waals surface area contributed by atoms with Gasteiger partial charge in [0.05, 0.1) is 0 Å². The Morgan fingerprint density at radius 1 is 1.78 bits per heavy atom. The Bertz CT molecular complexity index is 145. The fraction of sp³-hybridized carbons (Fsp3) is 0.429. The summed E-state index contributed by atoms with van der Waals surface area (Å²) in [6.07, 6.45) is 6.04. The van der Waals surface area contributed by atoms with Crippen molar-refractivity contribution >= 4 is 0 Å². The second-order valence-electron chi connectivity index (χ2n) is 2.23. The maximum absolute atomic E-state index is 5.62. The number of rotatable bonds is 1. The van der Waals surface area contributed by atoms with Gasteiger partial charge in [-0.15, -0.1) is 0 Å². The second kappa shape index (κ2) is 2.69. The van der Waals surface area contributed by atoms with Crippen LogP contribution in [0.1, 0.15) is 6.92 Å². The van der Waals surface area contributed by atoms with E-state index in [-0.39, 0.29) is 6.04 Å². The molecule has 0 aromatic carbocycles. The summed E-state index contributed by atoms with van der Waals surface area (Å²) < 4.78 is 0. The van der Waals surface area contributed by atoms with Crippen molar-refractivity contribution in [3.05, 3.63) is 23.9 Å². The van der Waals surface area contributed by atoms with Crippen LogP contribution in [0, 0.1) is 0 Å². The Balaban J connectivity index is 2.58. The molecule has 1 atom stereocenters. The SMILES string of the molecule is CC(N)C1=CCNC=C1. The number of dihydropyridines is 1. The fourth-order valence-electron chi connectivity index (χ4n) is 0.806. The van der Waals surface area contributed by atoms with Crippen LogP contribution in [0.3, 0.4) is 0 Å². The molecule has 0 amide bonds. The number of hydrogen-bond acceptors (Lipinski definition) is 2. The number of nitrogens with two attached hydrogens (primary N) is 1. The molecule has 0 radical (unpaired) electrons. The molecule has 2 nitrogen and oxygen atoms in total. The Kier molecular flexibility index (Phi) is 1.90. The highest BCUT2D eigenvalue weighted by molar-refractivity contribution is 5.26. The molecule has 0 fully saturated rings. The lowest BCUT2D eigenvalue weighted by Crippen LogP contribution is -2.21. The lowest BCUT2D eigenvalue weighted by molar-refractivity contribution is 0.847. The first-order valence-corrected chi connectivity index (χ1v) is 3.16. The van der Waals surface area contributed by atoms with Crippen LogP contribution in [0.5, 0.6) is 0 Å². The summed E-state index contributed by atoms with van der Waals surface area (Å²) in [6, 6.07) is 0.170. The van der Waals surface area contributed by atoms with E-state index in [1.165, 1.54) is 5.57 Å². The third-order valence-corrected chi connectivity index (χ3v) is 1.38. The summed E-state index contributed by atoms with van der Waals surface area (Å²) in [5, 5.41) is 3.06. The molecule has 0 aromatic heterocycles.